The highest BCUT2D eigenvalue weighted by Gasteiger charge is 2.09. The molecule has 0 heterocycles. The zero-order valence-corrected chi connectivity index (χ0v) is 9.08. The first-order valence-electron chi connectivity index (χ1n) is 5.15. The first kappa shape index (κ1) is 13.1. The van der Waals surface area contributed by atoms with Crippen molar-refractivity contribution in [2.24, 2.45) is 0 Å². The molecule has 0 spiro atoms. The lowest BCUT2D eigenvalue weighted by atomic mass is 10.2. The standard InChI is InChI=1S/C10H20N2O2/c1-3-6-10(14)12(9-13)8-5-4-7-11-2/h9,11H,3-8H2,1-2H3. The van der Waals surface area contributed by atoms with Gasteiger partial charge in [-0.1, -0.05) is 6.92 Å². The maximum Gasteiger partial charge on any atom is 0.228 e. The normalized spacial score (nSPS) is 9.86. The van der Waals surface area contributed by atoms with E-state index in [0.29, 0.717) is 19.4 Å². The van der Waals surface area contributed by atoms with Gasteiger partial charge in [0.25, 0.3) is 0 Å². The van der Waals surface area contributed by atoms with Crippen LogP contribution in [-0.4, -0.2) is 37.4 Å². The molecular formula is C10H20N2O2. The molecule has 0 aromatic heterocycles. The number of imide groups is 1. The Labute approximate surface area is 85.7 Å². The summed E-state index contributed by atoms with van der Waals surface area (Å²) >= 11 is 0. The van der Waals surface area contributed by atoms with Crippen LogP contribution in [0.25, 0.3) is 0 Å². The largest absolute Gasteiger partial charge is 0.320 e. The van der Waals surface area contributed by atoms with Crippen LogP contribution < -0.4 is 5.32 Å². The molecule has 14 heavy (non-hydrogen) atoms. The number of unbranched alkanes of at least 4 members (excludes halogenated alkanes) is 1. The Morgan fingerprint density at radius 3 is 2.64 bits per heavy atom. The van der Waals surface area contributed by atoms with Gasteiger partial charge in [0.1, 0.15) is 0 Å². The van der Waals surface area contributed by atoms with Crippen LogP contribution in [-0.2, 0) is 9.59 Å². The average Bonchev–Trinajstić information content (AvgIpc) is 2.18. The number of amides is 2. The molecule has 0 bridgehead atoms. The minimum Gasteiger partial charge on any atom is -0.320 e. The summed E-state index contributed by atoms with van der Waals surface area (Å²) in [5.41, 5.74) is 0. The lowest BCUT2D eigenvalue weighted by Crippen LogP contribution is -2.30. The van der Waals surface area contributed by atoms with Gasteiger partial charge in [-0.2, -0.15) is 0 Å². The molecule has 0 atom stereocenters. The maximum absolute atomic E-state index is 11.3. The molecule has 82 valence electrons. The third kappa shape index (κ3) is 5.70. The molecule has 0 saturated heterocycles. The predicted octanol–water partition coefficient (Wildman–Crippen LogP) is 0.771. The fourth-order valence-corrected chi connectivity index (χ4v) is 1.18. The average molecular weight is 200 g/mol. The summed E-state index contributed by atoms with van der Waals surface area (Å²) in [7, 11) is 1.89. The topological polar surface area (TPSA) is 49.4 Å². The molecule has 0 unspecified atom stereocenters. The molecule has 0 aromatic rings. The fraction of sp³-hybridized carbons (Fsp3) is 0.800. The van der Waals surface area contributed by atoms with E-state index in [2.05, 4.69) is 5.32 Å². The molecule has 0 fully saturated rings. The van der Waals surface area contributed by atoms with E-state index in [1.54, 1.807) is 0 Å². The van der Waals surface area contributed by atoms with Crippen LogP contribution in [0, 0.1) is 0 Å². The third-order valence-corrected chi connectivity index (χ3v) is 1.99. The van der Waals surface area contributed by atoms with Gasteiger partial charge >= 0.3 is 0 Å². The number of carbonyl (C=O) groups is 2. The number of nitrogens with one attached hydrogen (secondary N) is 1. The smallest absolute Gasteiger partial charge is 0.228 e. The first-order valence-corrected chi connectivity index (χ1v) is 5.15. The summed E-state index contributed by atoms with van der Waals surface area (Å²) in [4.78, 5) is 23.2. The summed E-state index contributed by atoms with van der Waals surface area (Å²) in [6.45, 7) is 3.40. The zero-order chi connectivity index (χ0) is 10.8. The van der Waals surface area contributed by atoms with E-state index in [9.17, 15) is 9.59 Å². The van der Waals surface area contributed by atoms with Crippen molar-refractivity contribution < 1.29 is 9.59 Å². The lowest BCUT2D eigenvalue weighted by Gasteiger charge is -2.14. The molecule has 0 aliphatic heterocycles. The maximum atomic E-state index is 11.3. The Bertz CT molecular complexity index is 172. The van der Waals surface area contributed by atoms with Gasteiger partial charge in [-0.05, 0) is 32.9 Å². The third-order valence-electron chi connectivity index (χ3n) is 1.99. The quantitative estimate of drug-likeness (QED) is 0.465. The molecule has 0 rings (SSSR count). The van der Waals surface area contributed by atoms with Crippen molar-refractivity contribution in [3.8, 4) is 0 Å². The highest BCUT2D eigenvalue weighted by atomic mass is 16.2. The van der Waals surface area contributed by atoms with Gasteiger partial charge in [0.2, 0.25) is 12.3 Å². The van der Waals surface area contributed by atoms with Gasteiger partial charge in [0.15, 0.2) is 0 Å². The molecule has 0 aliphatic rings. The van der Waals surface area contributed by atoms with Crippen LogP contribution in [0.2, 0.25) is 0 Å². The van der Waals surface area contributed by atoms with Crippen molar-refractivity contribution in [2.45, 2.75) is 32.6 Å². The summed E-state index contributed by atoms with van der Waals surface area (Å²) in [5.74, 6) is -0.0630. The van der Waals surface area contributed by atoms with Crippen LogP contribution in [0.4, 0.5) is 0 Å². The Morgan fingerprint density at radius 1 is 1.43 bits per heavy atom. The highest BCUT2D eigenvalue weighted by Crippen LogP contribution is 1.98. The van der Waals surface area contributed by atoms with Crippen molar-refractivity contribution in [2.75, 3.05) is 20.1 Å². The Hall–Kier alpha value is -0.900. The van der Waals surface area contributed by atoms with Crippen LogP contribution >= 0.6 is 0 Å². The van der Waals surface area contributed by atoms with E-state index < -0.39 is 0 Å². The Morgan fingerprint density at radius 2 is 2.14 bits per heavy atom. The summed E-state index contributed by atoms with van der Waals surface area (Å²) < 4.78 is 0. The SMILES string of the molecule is CCCC(=O)N(C=O)CCCCNC. The van der Waals surface area contributed by atoms with E-state index in [-0.39, 0.29) is 5.91 Å². The van der Waals surface area contributed by atoms with E-state index in [4.69, 9.17) is 0 Å². The molecule has 1 N–H and O–H groups in total. The van der Waals surface area contributed by atoms with E-state index in [1.165, 1.54) is 4.90 Å². The minimum absolute atomic E-state index is 0.0630. The number of hydrogen-bond donors (Lipinski definition) is 1. The lowest BCUT2D eigenvalue weighted by molar-refractivity contribution is -0.138. The second kappa shape index (κ2) is 8.69. The van der Waals surface area contributed by atoms with E-state index in [0.717, 1.165) is 25.8 Å². The zero-order valence-electron chi connectivity index (χ0n) is 9.08. The van der Waals surface area contributed by atoms with Gasteiger partial charge < -0.3 is 5.32 Å². The van der Waals surface area contributed by atoms with Crippen LogP contribution in [0.1, 0.15) is 32.6 Å². The monoisotopic (exact) mass is 200 g/mol. The van der Waals surface area contributed by atoms with Gasteiger partial charge in [-0.3, -0.25) is 14.5 Å². The van der Waals surface area contributed by atoms with E-state index in [1.807, 2.05) is 14.0 Å². The number of rotatable bonds is 8. The molecule has 4 heteroatoms. The number of nitrogens with zero attached hydrogens (tertiary/aromatic N) is 1. The van der Waals surface area contributed by atoms with Gasteiger partial charge in [-0.15, -0.1) is 0 Å². The summed E-state index contributed by atoms with van der Waals surface area (Å²) in [5, 5.41) is 3.02. The molecule has 0 saturated carbocycles. The highest BCUT2D eigenvalue weighted by molar-refractivity contribution is 5.85. The molecule has 0 aromatic carbocycles. The molecule has 4 nitrogen and oxygen atoms in total. The Kier molecular flexibility index (Phi) is 8.13. The van der Waals surface area contributed by atoms with Crippen LogP contribution in [0.3, 0.4) is 0 Å². The van der Waals surface area contributed by atoms with Crippen molar-refractivity contribution in [1.82, 2.24) is 10.2 Å². The summed E-state index contributed by atoms with van der Waals surface area (Å²) in [6, 6.07) is 0. The molecule has 0 aliphatic carbocycles. The van der Waals surface area contributed by atoms with Crippen LogP contribution in [0.5, 0.6) is 0 Å². The van der Waals surface area contributed by atoms with Gasteiger partial charge in [0.05, 0.1) is 0 Å². The van der Waals surface area contributed by atoms with Gasteiger partial charge in [0, 0.05) is 13.0 Å². The van der Waals surface area contributed by atoms with Crippen molar-refractivity contribution >= 4 is 12.3 Å². The van der Waals surface area contributed by atoms with Crippen molar-refractivity contribution in [3.05, 3.63) is 0 Å². The molecule has 0 radical (unpaired) electrons. The molecule has 2 amide bonds. The summed E-state index contributed by atoms with van der Waals surface area (Å²) in [6.07, 6.45) is 3.75. The second-order valence-electron chi connectivity index (χ2n) is 3.25. The second-order valence-corrected chi connectivity index (χ2v) is 3.25. The predicted molar refractivity (Wildman–Crippen MR) is 55.8 cm³/mol. The van der Waals surface area contributed by atoms with Crippen molar-refractivity contribution in [3.63, 3.8) is 0 Å². The minimum atomic E-state index is -0.0630. The van der Waals surface area contributed by atoms with E-state index >= 15 is 0 Å². The van der Waals surface area contributed by atoms with Gasteiger partial charge in [-0.25, -0.2) is 0 Å². The fourth-order valence-electron chi connectivity index (χ4n) is 1.18. The number of carbonyl (C=O) groups excluding carboxylic acids is 2. The Balaban J connectivity index is 3.67. The van der Waals surface area contributed by atoms with Crippen LogP contribution in [0.15, 0.2) is 0 Å². The van der Waals surface area contributed by atoms with Crippen molar-refractivity contribution in [1.29, 1.82) is 0 Å². The first-order chi connectivity index (χ1) is 6.76. The molecular weight excluding hydrogens is 180 g/mol. The number of hydrogen-bond acceptors (Lipinski definition) is 3.